The van der Waals surface area contributed by atoms with Crippen molar-refractivity contribution in [1.29, 1.82) is 0 Å². The molecule has 0 fully saturated rings. The largest absolute Gasteiger partial charge is 0.476 e. The Balaban J connectivity index is 2.85. The summed E-state index contributed by atoms with van der Waals surface area (Å²) in [5.41, 5.74) is -0.157. The lowest BCUT2D eigenvalue weighted by Gasteiger charge is -2.22. The molecule has 0 aromatic carbocycles. The van der Waals surface area contributed by atoms with Gasteiger partial charge in [-0.05, 0) is 27.7 Å². The fourth-order valence-corrected chi connectivity index (χ4v) is 1.43. The van der Waals surface area contributed by atoms with Gasteiger partial charge in [0.1, 0.15) is 5.76 Å². The number of aromatic carboxylic acids is 1. The number of rotatable bonds is 4. The molecule has 0 spiro atoms. The number of carbonyl (C=O) groups is 1. The molecule has 0 amide bonds. The van der Waals surface area contributed by atoms with Gasteiger partial charge < -0.3 is 20.1 Å². The molecule has 0 radical (unpaired) electrons. The Hall–Kier alpha value is -1.40. The standard InChI is InChI=1S/C11H18N2O4/c1-6-8(9(10(15)16)13-17-6)7(14)5-12-11(2,3)4/h7,12,14H,5H2,1-4H3,(H,15,16). The van der Waals surface area contributed by atoms with E-state index in [0.717, 1.165) is 0 Å². The quantitative estimate of drug-likeness (QED) is 0.731. The van der Waals surface area contributed by atoms with Gasteiger partial charge in [-0.3, -0.25) is 0 Å². The van der Waals surface area contributed by atoms with E-state index in [1.165, 1.54) is 0 Å². The Labute approximate surface area is 99.6 Å². The van der Waals surface area contributed by atoms with Crippen molar-refractivity contribution in [2.24, 2.45) is 0 Å². The lowest BCUT2D eigenvalue weighted by atomic mass is 10.0. The number of aliphatic hydroxyl groups excluding tert-OH is 1. The van der Waals surface area contributed by atoms with E-state index in [1.807, 2.05) is 20.8 Å². The lowest BCUT2D eigenvalue weighted by Crippen LogP contribution is -2.38. The fraction of sp³-hybridized carbons (Fsp3) is 0.636. The van der Waals surface area contributed by atoms with Crippen LogP contribution in [0.2, 0.25) is 0 Å². The van der Waals surface area contributed by atoms with Gasteiger partial charge in [-0.2, -0.15) is 0 Å². The molecule has 1 unspecified atom stereocenters. The molecule has 1 heterocycles. The maximum absolute atomic E-state index is 10.9. The number of aryl methyl sites for hydroxylation is 1. The van der Waals surface area contributed by atoms with Crippen LogP contribution in [-0.4, -0.2) is 33.4 Å². The van der Waals surface area contributed by atoms with Gasteiger partial charge in [0.25, 0.3) is 0 Å². The number of nitrogens with one attached hydrogen (secondary N) is 1. The van der Waals surface area contributed by atoms with Crippen molar-refractivity contribution in [3.63, 3.8) is 0 Å². The van der Waals surface area contributed by atoms with Crippen LogP contribution in [0.25, 0.3) is 0 Å². The molecule has 3 N–H and O–H groups in total. The van der Waals surface area contributed by atoms with E-state index in [0.29, 0.717) is 5.76 Å². The van der Waals surface area contributed by atoms with Gasteiger partial charge in [0, 0.05) is 12.1 Å². The summed E-state index contributed by atoms with van der Waals surface area (Å²) in [5.74, 6) is -0.878. The Kier molecular flexibility index (Phi) is 3.90. The van der Waals surface area contributed by atoms with Crippen LogP contribution in [-0.2, 0) is 0 Å². The number of nitrogens with zero attached hydrogens (tertiary/aromatic N) is 1. The van der Waals surface area contributed by atoms with Crippen molar-refractivity contribution in [3.05, 3.63) is 17.0 Å². The molecular formula is C11H18N2O4. The van der Waals surface area contributed by atoms with Crippen molar-refractivity contribution in [1.82, 2.24) is 10.5 Å². The molecule has 1 atom stereocenters. The van der Waals surface area contributed by atoms with Crippen LogP contribution < -0.4 is 5.32 Å². The van der Waals surface area contributed by atoms with Gasteiger partial charge in [-0.15, -0.1) is 0 Å². The third-order valence-electron chi connectivity index (χ3n) is 2.27. The highest BCUT2D eigenvalue weighted by atomic mass is 16.5. The van der Waals surface area contributed by atoms with Gasteiger partial charge in [0.15, 0.2) is 5.69 Å². The fourth-order valence-electron chi connectivity index (χ4n) is 1.43. The van der Waals surface area contributed by atoms with E-state index in [2.05, 4.69) is 10.5 Å². The van der Waals surface area contributed by atoms with Crippen LogP contribution in [0, 0.1) is 6.92 Å². The number of aliphatic hydroxyl groups is 1. The molecule has 1 aromatic heterocycles. The zero-order valence-corrected chi connectivity index (χ0v) is 10.4. The van der Waals surface area contributed by atoms with E-state index in [4.69, 9.17) is 9.63 Å². The second-order valence-corrected chi connectivity index (χ2v) is 4.95. The minimum absolute atomic E-state index is 0.157. The summed E-state index contributed by atoms with van der Waals surface area (Å²) in [6.07, 6.45) is -0.952. The van der Waals surface area contributed by atoms with Crippen LogP contribution in [0.3, 0.4) is 0 Å². The van der Waals surface area contributed by atoms with Crippen molar-refractivity contribution in [3.8, 4) is 0 Å². The molecule has 6 nitrogen and oxygen atoms in total. The lowest BCUT2D eigenvalue weighted by molar-refractivity contribution is 0.0678. The van der Waals surface area contributed by atoms with Crippen molar-refractivity contribution in [2.45, 2.75) is 39.3 Å². The highest BCUT2D eigenvalue weighted by molar-refractivity contribution is 5.87. The highest BCUT2D eigenvalue weighted by Gasteiger charge is 2.25. The third kappa shape index (κ3) is 3.54. The van der Waals surface area contributed by atoms with Crippen LogP contribution >= 0.6 is 0 Å². The maximum Gasteiger partial charge on any atom is 0.358 e. The SMILES string of the molecule is Cc1onc(C(=O)O)c1C(O)CNC(C)(C)C. The summed E-state index contributed by atoms with van der Waals surface area (Å²) in [6, 6.07) is 0. The highest BCUT2D eigenvalue weighted by Crippen LogP contribution is 2.22. The second kappa shape index (κ2) is 4.85. The Morgan fingerprint density at radius 3 is 2.59 bits per heavy atom. The monoisotopic (exact) mass is 242 g/mol. The molecule has 1 aromatic rings. The van der Waals surface area contributed by atoms with Gasteiger partial charge in [0.05, 0.1) is 11.7 Å². The second-order valence-electron chi connectivity index (χ2n) is 4.95. The van der Waals surface area contributed by atoms with E-state index >= 15 is 0 Å². The van der Waals surface area contributed by atoms with Gasteiger partial charge in [-0.25, -0.2) is 4.79 Å². The molecule has 17 heavy (non-hydrogen) atoms. The number of β-amino-alcohol motifs (C(OH)–C–C–N with tert-alkyl or cyclic N) is 1. The van der Waals surface area contributed by atoms with Crippen molar-refractivity contribution < 1.29 is 19.5 Å². The van der Waals surface area contributed by atoms with Crippen LogP contribution in [0.15, 0.2) is 4.52 Å². The molecule has 0 bridgehead atoms. The van der Waals surface area contributed by atoms with Crippen molar-refractivity contribution >= 4 is 5.97 Å². The third-order valence-corrected chi connectivity index (χ3v) is 2.27. The van der Waals surface area contributed by atoms with Crippen LogP contribution in [0.4, 0.5) is 0 Å². The summed E-state index contributed by atoms with van der Waals surface area (Å²) < 4.78 is 4.79. The summed E-state index contributed by atoms with van der Waals surface area (Å²) in [5, 5.41) is 25.4. The smallest absolute Gasteiger partial charge is 0.358 e. The molecule has 0 aliphatic heterocycles. The van der Waals surface area contributed by atoms with E-state index in [1.54, 1.807) is 6.92 Å². The molecule has 0 aliphatic carbocycles. The van der Waals surface area contributed by atoms with Crippen molar-refractivity contribution in [2.75, 3.05) is 6.54 Å². The zero-order chi connectivity index (χ0) is 13.2. The number of aromatic nitrogens is 1. The molecule has 0 saturated carbocycles. The average molecular weight is 242 g/mol. The Bertz CT molecular complexity index is 406. The molecule has 96 valence electrons. The van der Waals surface area contributed by atoms with E-state index in [9.17, 15) is 9.90 Å². The predicted octanol–water partition coefficient (Wildman–Crippen LogP) is 1.10. The molecule has 0 aliphatic rings. The number of carboxylic acid groups (broad SMARTS) is 1. The van der Waals surface area contributed by atoms with Crippen LogP contribution in [0.1, 0.15) is 48.7 Å². The topological polar surface area (TPSA) is 95.6 Å². The Morgan fingerprint density at radius 2 is 2.12 bits per heavy atom. The first-order valence-electron chi connectivity index (χ1n) is 5.35. The van der Waals surface area contributed by atoms with Gasteiger partial charge in [-0.1, -0.05) is 5.16 Å². The predicted molar refractivity (Wildman–Crippen MR) is 60.9 cm³/mol. The summed E-state index contributed by atoms with van der Waals surface area (Å²) in [7, 11) is 0. The first-order valence-corrected chi connectivity index (χ1v) is 5.35. The van der Waals surface area contributed by atoms with E-state index in [-0.39, 0.29) is 23.3 Å². The minimum atomic E-state index is -1.20. The van der Waals surface area contributed by atoms with E-state index < -0.39 is 12.1 Å². The zero-order valence-electron chi connectivity index (χ0n) is 10.4. The number of carboxylic acids is 1. The first kappa shape index (κ1) is 13.7. The average Bonchev–Trinajstić information content (AvgIpc) is 2.55. The van der Waals surface area contributed by atoms with Gasteiger partial charge in [0.2, 0.25) is 0 Å². The molecule has 1 rings (SSSR count). The summed E-state index contributed by atoms with van der Waals surface area (Å²) >= 11 is 0. The van der Waals surface area contributed by atoms with Crippen LogP contribution in [0.5, 0.6) is 0 Å². The first-order chi connectivity index (χ1) is 7.72. The summed E-state index contributed by atoms with van der Waals surface area (Å²) in [6.45, 7) is 7.69. The number of hydrogen-bond donors (Lipinski definition) is 3. The molecule has 0 saturated heterocycles. The minimum Gasteiger partial charge on any atom is -0.476 e. The molecular weight excluding hydrogens is 224 g/mol. The Morgan fingerprint density at radius 1 is 1.53 bits per heavy atom. The summed E-state index contributed by atoms with van der Waals surface area (Å²) in [4.78, 5) is 10.9. The normalized spacial score (nSPS) is 13.7. The maximum atomic E-state index is 10.9. The number of hydrogen-bond acceptors (Lipinski definition) is 5. The van der Waals surface area contributed by atoms with Gasteiger partial charge >= 0.3 is 5.97 Å². The molecule has 6 heteroatoms.